The van der Waals surface area contributed by atoms with E-state index in [9.17, 15) is 0 Å². The van der Waals surface area contributed by atoms with Crippen LogP contribution in [0.1, 0.15) is 38.4 Å². The van der Waals surface area contributed by atoms with Gasteiger partial charge < -0.3 is 10.1 Å². The first kappa shape index (κ1) is 15.6. The van der Waals surface area contributed by atoms with Crippen molar-refractivity contribution < 1.29 is 4.74 Å². The van der Waals surface area contributed by atoms with Gasteiger partial charge in [-0.3, -0.25) is 0 Å². The van der Waals surface area contributed by atoms with Crippen LogP contribution in [-0.2, 0) is 6.54 Å². The molecular weight excluding hydrogens is 262 g/mol. The van der Waals surface area contributed by atoms with Crippen LogP contribution in [0, 0.1) is 6.92 Å². The topological polar surface area (TPSA) is 39.1 Å². The minimum atomic E-state index is 0.517. The Kier molecular flexibility index (Phi) is 5.39. The van der Waals surface area contributed by atoms with Crippen LogP contribution in [0.5, 0.6) is 5.75 Å². The Labute approximate surface area is 127 Å². The molecule has 114 valence electrons. The van der Waals surface area contributed by atoms with Crippen LogP contribution in [0.4, 0.5) is 0 Å². The van der Waals surface area contributed by atoms with Crippen molar-refractivity contribution in [3.05, 3.63) is 41.7 Å². The van der Waals surface area contributed by atoms with E-state index in [-0.39, 0.29) is 0 Å². The monoisotopic (exact) mass is 287 g/mol. The highest BCUT2D eigenvalue weighted by Gasteiger charge is 2.12. The van der Waals surface area contributed by atoms with Gasteiger partial charge in [0.15, 0.2) is 0 Å². The van der Waals surface area contributed by atoms with E-state index in [1.165, 1.54) is 5.56 Å². The number of rotatable bonds is 7. The van der Waals surface area contributed by atoms with Gasteiger partial charge in [-0.05, 0) is 39.3 Å². The molecule has 1 unspecified atom stereocenters. The lowest BCUT2D eigenvalue weighted by atomic mass is 10.2. The lowest BCUT2D eigenvalue weighted by Gasteiger charge is -2.13. The first-order chi connectivity index (χ1) is 10.2. The molecule has 0 amide bonds. The largest absolute Gasteiger partial charge is 0.492 e. The lowest BCUT2D eigenvalue weighted by Crippen LogP contribution is -2.24. The van der Waals surface area contributed by atoms with Crippen LogP contribution in [0.2, 0.25) is 0 Å². The van der Waals surface area contributed by atoms with Crippen molar-refractivity contribution in [1.29, 1.82) is 0 Å². The van der Waals surface area contributed by atoms with Gasteiger partial charge in [-0.1, -0.05) is 19.1 Å². The second-order valence-electron chi connectivity index (χ2n) is 5.26. The second kappa shape index (κ2) is 7.27. The summed E-state index contributed by atoms with van der Waals surface area (Å²) in [6.45, 7) is 9.98. The van der Waals surface area contributed by atoms with Crippen LogP contribution < -0.4 is 10.1 Å². The minimum absolute atomic E-state index is 0.517. The van der Waals surface area contributed by atoms with Crippen LogP contribution in [0.25, 0.3) is 5.69 Å². The van der Waals surface area contributed by atoms with E-state index in [4.69, 9.17) is 4.74 Å². The molecule has 0 bridgehead atoms. The molecule has 4 heteroatoms. The zero-order valence-electron chi connectivity index (χ0n) is 13.4. The summed E-state index contributed by atoms with van der Waals surface area (Å²) in [4.78, 5) is 0. The number of nitrogens with zero attached hydrogens (tertiary/aromatic N) is 2. The number of hydrogen-bond donors (Lipinski definition) is 1. The Balaban J connectivity index is 2.24. The highest BCUT2D eigenvalue weighted by atomic mass is 16.5. The van der Waals surface area contributed by atoms with Gasteiger partial charge >= 0.3 is 0 Å². The predicted molar refractivity (Wildman–Crippen MR) is 86.1 cm³/mol. The first-order valence-electron chi connectivity index (χ1n) is 7.66. The highest BCUT2D eigenvalue weighted by molar-refractivity contribution is 5.47. The second-order valence-corrected chi connectivity index (χ2v) is 5.26. The van der Waals surface area contributed by atoms with Crippen molar-refractivity contribution in [1.82, 2.24) is 15.1 Å². The van der Waals surface area contributed by atoms with Crippen molar-refractivity contribution in [3.8, 4) is 11.4 Å². The zero-order chi connectivity index (χ0) is 15.2. The molecule has 2 aromatic rings. The number of aromatic nitrogens is 2. The molecule has 2 rings (SSSR count). The van der Waals surface area contributed by atoms with Crippen LogP contribution >= 0.6 is 0 Å². The Morgan fingerprint density at radius 3 is 2.76 bits per heavy atom. The third-order valence-electron chi connectivity index (χ3n) is 3.76. The highest BCUT2D eigenvalue weighted by Crippen LogP contribution is 2.24. The maximum atomic E-state index is 5.69. The molecule has 4 nitrogen and oxygen atoms in total. The number of benzene rings is 1. The molecule has 1 heterocycles. The Bertz CT molecular complexity index is 577. The molecular formula is C17H25N3O. The fraction of sp³-hybridized carbons (Fsp3) is 0.471. The quantitative estimate of drug-likeness (QED) is 0.847. The summed E-state index contributed by atoms with van der Waals surface area (Å²) in [6.07, 6.45) is 3.06. The van der Waals surface area contributed by atoms with E-state index in [2.05, 4.69) is 31.2 Å². The molecule has 0 saturated carbocycles. The molecule has 0 spiro atoms. The van der Waals surface area contributed by atoms with E-state index in [0.717, 1.165) is 30.1 Å². The summed E-state index contributed by atoms with van der Waals surface area (Å²) in [5, 5.41) is 8.04. The molecule has 1 aromatic heterocycles. The summed E-state index contributed by atoms with van der Waals surface area (Å²) in [5.41, 5.74) is 3.37. The third kappa shape index (κ3) is 3.64. The van der Waals surface area contributed by atoms with Gasteiger partial charge in [0.2, 0.25) is 0 Å². The number of nitrogens with one attached hydrogen (secondary N) is 1. The Morgan fingerprint density at radius 2 is 2.05 bits per heavy atom. The molecule has 1 N–H and O–H groups in total. The van der Waals surface area contributed by atoms with Crippen LogP contribution in [-0.4, -0.2) is 22.4 Å². The Hall–Kier alpha value is -1.81. The summed E-state index contributed by atoms with van der Waals surface area (Å²) >= 11 is 0. The van der Waals surface area contributed by atoms with Gasteiger partial charge in [0, 0.05) is 23.8 Å². The Morgan fingerprint density at radius 1 is 1.29 bits per heavy atom. The number of para-hydroxylation sites is 2. The van der Waals surface area contributed by atoms with Gasteiger partial charge in [-0.15, -0.1) is 0 Å². The van der Waals surface area contributed by atoms with Gasteiger partial charge in [0.25, 0.3) is 0 Å². The summed E-state index contributed by atoms with van der Waals surface area (Å²) in [6, 6.07) is 8.53. The van der Waals surface area contributed by atoms with Crippen molar-refractivity contribution in [2.45, 2.75) is 46.7 Å². The van der Waals surface area contributed by atoms with Gasteiger partial charge in [0.1, 0.15) is 11.4 Å². The van der Waals surface area contributed by atoms with Gasteiger partial charge in [0.05, 0.1) is 12.8 Å². The van der Waals surface area contributed by atoms with Crippen molar-refractivity contribution in [3.63, 3.8) is 0 Å². The molecule has 0 aliphatic rings. The molecule has 0 aliphatic heterocycles. The summed E-state index contributed by atoms with van der Waals surface area (Å²) < 4.78 is 7.65. The molecule has 21 heavy (non-hydrogen) atoms. The van der Waals surface area contributed by atoms with Crippen LogP contribution in [0.15, 0.2) is 30.5 Å². The van der Waals surface area contributed by atoms with Crippen molar-refractivity contribution in [2.75, 3.05) is 6.61 Å². The van der Waals surface area contributed by atoms with Crippen molar-refractivity contribution >= 4 is 0 Å². The average molecular weight is 287 g/mol. The molecule has 0 aliphatic carbocycles. The van der Waals surface area contributed by atoms with Gasteiger partial charge in [-0.2, -0.15) is 5.10 Å². The first-order valence-corrected chi connectivity index (χ1v) is 7.66. The third-order valence-corrected chi connectivity index (χ3v) is 3.76. The molecule has 0 fully saturated rings. The van der Waals surface area contributed by atoms with E-state index in [1.807, 2.05) is 42.1 Å². The normalized spacial score (nSPS) is 12.4. The minimum Gasteiger partial charge on any atom is -0.492 e. The SMILES string of the molecule is CCOc1ccccc1-n1ncc(CNC(C)CC)c1C. The molecule has 1 atom stereocenters. The van der Waals surface area contributed by atoms with Crippen LogP contribution in [0.3, 0.4) is 0 Å². The molecule has 0 saturated heterocycles. The molecule has 0 radical (unpaired) electrons. The number of ether oxygens (including phenoxy) is 1. The molecule has 1 aromatic carbocycles. The number of hydrogen-bond acceptors (Lipinski definition) is 3. The van der Waals surface area contributed by atoms with E-state index in [1.54, 1.807) is 0 Å². The standard InChI is InChI=1S/C17H25N3O/c1-5-13(3)18-11-15-12-19-20(14(15)4)16-9-7-8-10-17(16)21-6-2/h7-10,12-13,18H,5-6,11H2,1-4H3. The zero-order valence-corrected chi connectivity index (χ0v) is 13.4. The average Bonchev–Trinajstić information content (AvgIpc) is 2.86. The van der Waals surface area contributed by atoms with Gasteiger partial charge in [-0.25, -0.2) is 4.68 Å². The fourth-order valence-corrected chi connectivity index (χ4v) is 2.20. The van der Waals surface area contributed by atoms with E-state index >= 15 is 0 Å². The van der Waals surface area contributed by atoms with Crippen molar-refractivity contribution in [2.24, 2.45) is 0 Å². The smallest absolute Gasteiger partial charge is 0.144 e. The summed E-state index contributed by atoms with van der Waals surface area (Å²) in [5.74, 6) is 0.868. The van der Waals surface area contributed by atoms with E-state index < -0.39 is 0 Å². The van der Waals surface area contributed by atoms with E-state index in [0.29, 0.717) is 12.6 Å². The fourth-order valence-electron chi connectivity index (χ4n) is 2.20. The lowest BCUT2D eigenvalue weighted by molar-refractivity contribution is 0.338. The maximum Gasteiger partial charge on any atom is 0.144 e. The maximum absolute atomic E-state index is 5.69. The summed E-state index contributed by atoms with van der Waals surface area (Å²) in [7, 11) is 0. The predicted octanol–water partition coefficient (Wildman–Crippen LogP) is 3.47.